The van der Waals surface area contributed by atoms with E-state index in [4.69, 9.17) is 4.74 Å². The average molecular weight is 256 g/mol. The summed E-state index contributed by atoms with van der Waals surface area (Å²) in [5.41, 5.74) is 0.331. The molecule has 3 unspecified atom stereocenters. The maximum atomic E-state index is 5.62. The van der Waals surface area contributed by atoms with E-state index in [1.807, 2.05) is 0 Å². The van der Waals surface area contributed by atoms with Gasteiger partial charge in [-0.2, -0.15) is 0 Å². The third kappa shape index (κ3) is 4.87. The molecule has 0 aromatic carbocycles. The lowest BCUT2D eigenvalue weighted by Gasteiger charge is -2.39. The number of ether oxygens (including phenoxy) is 1. The summed E-state index contributed by atoms with van der Waals surface area (Å²) < 4.78 is 5.62. The molecule has 1 N–H and O–H groups in total. The average Bonchev–Trinajstić information content (AvgIpc) is 2.78. The SMILES string of the molecule is CC(CNCC1CCCO1)N(C)C(C)C(C)(C)C. The van der Waals surface area contributed by atoms with Gasteiger partial charge in [0.2, 0.25) is 0 Å². The predicted molar refractivity (Wildman–Crippen MR) is 78.0 cm³/mol. The van der Waals surface area contributed by atoms with Crippen molar-refractivity contribution in [2.24, 2.45) is 5.41 Å². The van der Waals surface area contributed by atoms with Crippen LogP contribution in [-0.4, -0.2) is 49.8 Å². The predicted octanol–water partition coefficient (Wildman–Crippen LogP) is 2.51. The fourth-order valence-electron chi connectivity index (χ4n) is 2.40. The van der Waals surface area contributed by atoms with Gasteiger partial charge in [0.1, 0.15) is 0 Å². The van der Waals surface area contributed by atoms with Crippen molar-refractivity contribution in [1.29, 1.82) is 0 Å². The molecule has 0 radical (unpaired) electrons. The number of likely N-dealkylation sites (N-methyl/N-ethyl adjacent to an activating group) is 1. The topological polar surface area (TPSA) is 24.5 Å². The molecule has 3 heteroatoms. The minimum Gasteiger partial charge on any atom is -0.377 e. The Hall–Kier alpha value is -0.120. The summed E-state index contributed by atoms with van der Waals surface area (Å²) in [6.45, 7) is 14.5. The lowest BCUT2D eigenvalue weighted by atomic mass is 9.86. The van der Waals surface area contributed by atoms with E-state index < -0.39 is 0 Å². The minimum atomic E-state index is 0.331. The van der Waals surface area contributed by atoms with E-state index in [1.54, 1.807) is 0 Å². The smallest absolute Gasteiger partial charge is 0.0700 e. The summed E-state index contributed by atoms with van der Waals surface area (Å²) in [4.78, 5) is 2.47. The third-order valence-electron chi connectivity index (χ3n) is 4.40. The first-order valence-corrected chi connectivity index (χ1v) is 7.36. The van der Waals surface area contributed by atoms with Gasteiger partial charge in [0.05, 0.1) is 6.10 Å². The van der Waals surface area contributed by atoms with Gasteiger partial charge in [-0.05, 0) is 39.2 Å². The molecular weight excluding hydrogens is 224 g/mol. The highest BCUT2D eigenvalue weighted by Crippen LogP contribution is 2.24. The maximum absolute atomic E-state index is 5.62. The molecule has 1 rings (SSSR count). The standard InChI is InChI=1S/C15H32N2O/c1-12(17(6)13(2)15(3,4)5)10-16-11-14-8-7-9-18-14/h12-14,16H,7-11H2,1-6H3. The summed E-state index contributed by atoms with van der Waals surface area (Å²) in [7, 11) is 2.23. The summed E-state index contributed by atoms with van der Waals surface area (Å²) in [6.07, 6.45) is 2.89. The molecule has 0 aromatic heterocycles. The Balaban J connectivity index is 2.24. The first kappa shape index (κ1) is 15.9. The van der Waals surface area contributed by atoms with Crippen LogP contribution in [0.25, 0.3) is 0 Å². The maximum Gasteiger partial charge on any atom is 0.0700 e. The van der Waals surface area contributed by atoms with Crippen LogP contribution < -0.4 is 5.32 Å². The molecule has 0 aliphatic carbocycles. The molecule has 3 atom stereocenters. The van der Waals surface area contributed by atoms with Crippen molar-refractivity contribution in [3.05, 3.63) is 0 Å². The van der Waals surface area contributed by atoms with E-state index in [0.717, 1.165) is 19.7 Å². The molecule has 0 amide bonds. The number of nitrogens with zero attached hydrogens (tertiary/aromatic N) is 1. The molecule has 1 saturated heterocycles. The Morgan fingerprint density at radius 1 is 1.33 bits per heavy atom. The lowest BCUT2D eigenvalue weighted by Crippen LogP contribution is -2.48. The van der Waals surface area contributed by atoms with Gasteiger partial charge in [0.25, 0.3) is 0 Å². The molecule has 0 bridgehead atoms. The zero-order chi connectivity index (χ0) is 13.8. The Kier molecular flexibility index (Phi) is 6.09. The highest BCUT2D eigenvalue weighted by Gasteiger charge is 2.26. The fourth-order valence-corrected chi connectivity index (χ4v) is 2.40. The van der Waals surface area contributed by atoms with E-state index in [0.29, 0.717) is 23.6 Å². The van der Waals surface area contributed by atoms with Gasteiger partial charge in [-0.1, -0.05) is 20.8 Å². The molecular formula is C15H32N2O. The molecule has 0 spiro atoms. The van der Waals surface area contributed by atoms with Gasteiger partial charge < -0.3 is 10.1 Å². The molecule has 108 valence electrons. The van der Waals surface area contributed by atoms with Gasteiger partial charge in [0, 0.05) is 31.8 Å². The summed E-state index contributed by atoms with van der Waals surface area (Å²) in [5, 5.41) is 3.55. The molecule has 1 aliphatic rings. The Morgan fingerprint density at radius 2 is 2.00 bits per heavy atom. The number of rotatable bonds is 6. The van der Waals surface area contributed by atoms with Crippen molar-refractivity contribution in [3.63, 3.8) is 0 Å². The van der Waals surface area contributed by atoms with E-state index >= 15 is 0 Å². The van der Waals surface area contributed by atoms with Gasteiger partial charge in [-0.25, -0.2) is 0 Å². The van der Waals surface area contributed by atoms with Crippen molar-refractivity contribution in [1.82, 2.24) is 10.2 Å². The highest BCUT2D eigenvalue weighted by molar-refractivity contribution is 4.81. The van der Waals surface area contributed by atoms with Crippen molar-refractivity contribution in [2.45, 2.75) is 65.6 Å². The first-order valence-electron chi connectivity index (χ1n) is 7.36. The number of nitrogens with one attached hydrogen (secondary N) is 1. The van der Waals surface area contributed by atoms with Crippen molar-refractivity contribution >= 4 is 0 Å². The second-order valence-electron chi connectivity index (χ2n) is 6.85. The Morgan fingerprint density at radius 3 is 2.50 bits per heavy atom. The minimum absolute atomic E-state index is 0.331. The first-order chi connectivity index (χ1) is 8.32. The Bertz CT molecular complexity index is 231. The third-order valence-corrected chi connectivity index (χ3v) is 4.40. The van der Waals surface area contributed by atoms with Gasteiger partial charge in [-0.3, -0.25) is 4.90 Å². The van der Waals surface area contributed by atoms with Crippen LogP contribution in [0.3, 0.4) is 0 Å². The zero-order valence-corrected chi connectivity index (χ0v) is 13.1. The van der Waals surface area contributed by atoms with Crippen LogP contribution in [0.2, 0.25) is 0 Å². The lowest BCUT2D eigenvalue weighted by molar-refractivity contribution is 0.0918. The summed E-state index contributed by atoms with van der Waals surface area (Å²) in [5.74, 6) is 0. The van der Waals surface area contributed by atoms with Gasteiger partial charge >= 0.3 is 0 Å². The van der Waals surface area contributed by atoms with Crippen LogP contribution in [0.4, 0.5) is 0 Å². The van der Waals surface area contributed by atoms with Crippen LogP contribution >= 0.6 is 0 Å². The Labute approximate surface area is 113 Å². The quantitative estimate of drug-likeness (QED) is 0.790. The van der Waals surface area contributed by atoms with Gasteiger partial charge in [0.15, 0.2) is 0 Å². The van der Waals surface area contributed by atoms with E-state index in [9.17, 15) is 0 Å². The zero-order valence-electron chi connectivity index (χ0n) is 13.1. The molecule has 0 saturated carbocycles. The van der Waals surface area contributed by atoms with E-state index in [-0.39, 0.29) is 0 Å². The number of hydrogen-bond donors (Lipinski definition) is 1. The molecule has 0 aromatic rings. The largest absolute Gasteiger partial charge is 0.377 e. The van der Waals surface area contributed by atoms with Crippen LogP contribution in [0.1, 0.15) is 47.5 Å². The second kappa shape index (κ2) is 6.88. The van der Waals surface area contributed by atoms with Crippen molar-refractivity contribution < 1.29 is 4.74 Å². The van der Waals surface area contributed by atoms with E-state index in [2.05, 4.69) is 51.9 Å². The fraction of sp³-hybridized carbons (Fsp3) is 1.00. The molecule has 1 fully saturated rings. The van der Waals surface area contributed by atoms with Crippen LogP contribution in [0, 0.1) is 5.41 Å². The summed E-state index contributed by atoms with van der Waals surface area (Å²) >= 11 is 0. The van der Waals surface area contributed by atoms with Crippen molar-refractivity contribution in [2.75, 3.05) is 26.7 Å². The normalized spacial score (nSPS) is 24.5. The number of hydrogen-bond acceptors (Lipinski definition) is 3. The van der Waals surface area contributed by atoms with Crippen molar-refractivity contribution in [3.8, 4) is 0 Å². The van der Waals surface area contributed by atoms with Crippen LogP contribution in [0.15, 0.2) is 0 Å². The summed E-state index contributed by atoms with van der Waals surface area (Å²) in [6, 6.07) is 1.14. The molecule has 3 nitrogen and oxygen atoms in total. The second-order valence-corrected chi connectivity index (χ2v) is 6.85. The van der Waals surface area contributed by atoms with Gasteiger partial charge in [-0.15, -0.1) is 0 Å². The van der Waals surface area contributed by atoms with Crippen LogP contribution in [-0.2, 0) is 4.74 Å². The molecule has 18 heavy (non-hydrogen) atoms. The molecule has 1 aliphatic heterocycles. The highest BCUT2D eigenvalue weighted by atomic mass is 16.5. The van der Waals surface area contributed by atoms with Crippen LogP contribution in [0.5, 0.6) is 0 Å². The molecule has 1 heterocycles. The monoisotopic (exact) mass is 256 g/mol. The van der Waals surface area contributed by atoms with E-state index in [1.165, 1.54) is 12.8 Å².